The van der Waals surface area contributed by atoms with Crippen LogP contribution in [0.4, 0.5) is 0 Å². The third-order valence-corrected chi connectivity index (χ3v) is 11.0. The van der Waals surface area contributed by atoms with E-state index in [9.17, 15) is 24.8 Å². The summed E-state index contributed by atoms with van der Waals surface area (Å²) in [7, 11) is 3.26. The highest BCUT2D eigenvalue weighted by atomic mass is 16.5. The molecular weight excluding hydrogens is 534 g/mol. The van der Waals surface area contributed by atoms with Gasteiger partial charge in [0.2, 0.25) is 5.91 Å². The average molecular weight is 580 g/mol. The quantitative estimate of drug-likeness (QED) is 0.413. The number of nitriles is 1. The monoisotopic (exact) mass is 579 g/mol. The van der Waals surface area contributed by atoms with Crippen LogP contribution in [0.25, 0.3) is 0 Å². The van der Waals surface area contributed by atoms with E-state index in [4.69, 9.17) is 9.47 Å². The van der Waals surface area contributed by atoms with Gasteiger partial charge < -0.3 is 24.8 Å². The molecule has 0 saturated heterocycles. The summed E-state index contributed by atoms with van der Waals surface area (Å²) in [5, 5.41) is 22.7. The van der Waals surface area contributed by atoms with E-state index in [1.54, 1.807) is 24.9 Å². The average Bonchev–Trinajstić information content (AvgIpc) is 2.99. The van der Waals surface area contributed by atoms with Gasteiger partial charge in [-0.25, -0.2) is 0 Å². The number of amides is 2. The molecule has 5 saturated carbocycles. The number of benzene rings is 1. The fourth-order valence-corrected chi connectivity index (χ4v) is 7.87. The Labute approximate surface area is 248 Å². The minimum Gasteiger partial charge on any atom is -0.496 e. The molecule has 9 nitrogen and oxygen atoms in total. The van der Waals surface area contributed by atoms with Gasteiger partial charge in [0.05, 0.1) is 35.7 Å². The van der Waals surface area contributed by atoms with Crippen molar-refractivity contribution in [2.75, 3.05) is 20.7 Å². The lowest BCUT2D eigenvalue weighted by Gasteiger charge is -2.51. The Kier molecular flexibility index (Phi) is 8.46. The van der Waals surface area contributed by atoms with Crippen LogP contribution in [-0.4, -0.2) is 60.6 Å². The van der Waals surface area contributed by atoms with Crippen molar-refractivity contribution in [1.82, 2.24) is 10.2 Å². The van der Waals surface area contributed by atoms with Gasteiger partial charge in [-0.3, -0.25) is 14.4 Å². The number of carbonyl (C=O) groups is 3. The third-order valence-electron chi connectivity index (χ3n) is 11.0. The van der Waals surface area contributed by atoms with Gasteiger partial charge in [-0.1, -0.05) is 13.3 Å². The summed E-state index contributed by atoms with van der Waals surface area (Å²) in [6.45, 7) is 4.66. The lowest BCUT2D eigenvalue weighted by Crippen LogP contribution is -2.59. The SMILES string of the molecule is COc1cc(C#N)c(O[C@H]2CC[C@@](C)(C(=O)O)CC2)cc1C(=O)N(C)[C@@H]1C2CCC(CC2)[C@@H]1C(=O)NCC1(C)CCC1. The van der Waals surface area contributed by atoms with Crippen LogP contribution in [0.1, 0.15) is 100 Å². The van der Waals surface area contributed by atoms with Gasteiger partial charge in [0.25, 0.3) is 5.91 Å². The molecule has 0 aromatic heterocycles. The minimum atomic E-state index is -0.806. The second-order valence-corrected chi connectivity index (χ2v) is 13.8. The first-order chi connectivity index (χ1) is 20.0. The number of carbonyl (C=O) groups excluding carboxylic acids is 2. The van der Waals surface area contributed by atoms with Gasteiger partial charge >= 0.3 is 5.97 Å². The highest BCUT2D eigenvalue weighted by molar-refractivity contribution is 5.98. The fraction of sp³-hybridized carbons (Fsp3) is 0.697. The normalized spacial score (nSPS) is 31.3. The van der Waals surface area contributed by atoms with Crippen LogP contribution in [-0.2, 0) is 9.59 Å². The molecule has 2 bridgehead atoms. The number of fused-ring (bicyclic) bond motifs is 3. The molecule has 1 aromatic rings. The standard InChI is InChI=1S/C33H45N3O6/c1-32(12-5-13-32)19-35-29(37)27-20-6-8-21(9-7-20)28(27)36(3)30(38)24-17-25(22(18-34)16-26(24)41-4)42-23-10-14-33(2,15-11-23)31(39)40/h16-17,20-21,23,27-28H,5-15,19H2,1-4H3,(H,35,37)(H,39,40)/t20?,21?,23-,27-,28+,33+/m0/s1. The van der Waals surface area contributed by atoms with E-state index < -0.39 is 11.4 Å². The molecule has 5 aliphatic rings. The van der Waals surface area contributed by atoms with E-state index in [1.165, 1.54) is 19.6 Å². The highest BCUT2D eigenvalue weighted by Gasteiger charge is 2.50. The van der Waals surface area contributed by atoms with Crippen LogP contribution in [0.15, 0.2) is 12.1 Å². The Hall–Kier alpha value is -3.28. The summed E-state index contributed by atoms with van der Waals surface area (Å²) in [4.78, 5) is 41.2. The zero-order valence-corrected chi connectivity index (χ0v) is 25.4. The van der Waals surface area contributed by atoms with Crippen LogP contribution in [0.5, 0.6) is 11.5 Å². The summed E-state index contributed by atoms with van der Waals surface area (Å²) in [6.07, 6.45) is 9.31. The van der Waals surface area contributed by atoms with Crippen molar-refractivity contribution in [2.45, 2.75) is 96.6 Å². The Bertz CT molecular complexity index is 1250. The van der Waals surface area contributed by atoms with Gasteiger partial charge in [0, 0.05) is 25.7 Å². The van der Waals surface area contributed by atoms with Crippen molar-refractivity contribution in [3.8, 4) is 17.6 Å². The molecule has 5 aliphatic carbocycles. The van der Waals surface area contributed by atoms with Crippen LogP contribution >= 0.6 is 0 Å². The molecule has 42 heavy (non-hydrogen) atoms. The minimum absolute atomic E-state index is 0.0589. The van der Waals surface area contributed by atoms with Gasteiger partial charge in [0.1, 0.15) is 17.6 Å². The number of hydrogen-bond acceptors (Lipinski definition) is 6. The summed E-state index contributed by atoms with van der Waals surface area (Å²) in [5.41, 5.74) is -0.0458. The van der Waals surface area contributed by atoms with Crippen molar-refractivity contribution in [1.29, 1.82) is 5.26 Å². The highest BCUT2D eigenvalue weighted by Crippen LogP contribution is 2.48. The van der Waals surface area contributed by atoms with E-state index in [2.05, 4.69) is 18.3 Å². The molecule has 6 rings (SSSR count). The van der Waals surface area contributed by atoms with Gasteiger partial charge in [-0.2, -0.15) is 5.26 Å². The second kappa shape index (κ2) is 11.8. The van der Waals surface area contributed by atoms with Crippen LogP contribution < -0.4 is 14.8 Å². The van der Waals surface area contributed by atoms with Crippen molar-refractivity contribution < 1.29 is 29.0 Å². The van der Waals surface area contributed by atoms with Crippen LogP contribution in [0, 0.1) is 39.9 Å². The Balaban J connectivity index is 1.37. The van der Waals surface area contributed by atoms with E-state index in [0.29, 0.717) is 43.5 Å². The number of aliphatic carboxylic acids is 1. The molecule has 0 spiro atoms. The Morgan fingerprint density at radius 3 is 2.21 bits per heavy atom. The Morgan fingerprint density at radius 2 is 1.67 bits per heavy atom. The number of carboxylic acids is 1. The first kappa shape index (κ1) is 30.2. The maximum absolute atomic E-state index is 14.2. The molecule has 0 radical (unpaired) electrons. The molecule has 9 heteroatoms. The lowest BCUT2D eigenvalue weighted by atomic mass is 9.60. The predicted molar refractivity (Wildman–Crippen MR) is 156 cm³/mol. The molecule has 228 valence electrons. The van der Waals surface area contributed by atoms with Crippen molar-refractivity contribution >= 4 is 17.8 Å². The summed E-state index contributed by atoms with van der Waals surface area (Å²) < 4.78 is 11.8. The van der Waals surface area contributed by atoms with Crippen LogP contribution in [0.2, 0.25) is 0 Å². The molecule has 0 aliphatic heterocycles. The third kappa shape index (κ3) is 5.69. The first-order valence-corrected chi connectivity index (χ1v) is 15.6. The van der Waals surface area contributed by atoms with Gasteiger partial charge in [0.15, 0.2) is 0 Å². The van der Waals surface area contributed by atoms with Gasteiger partial charge in [-0.15, -0.1) is 0 Å². The zero-order chi connectivity index (χ0) is 30.2. The number of carboxylic acid groups (broad SMARTS) is 1. The molecule has 0 unspecified atom stereocenters. The number of nitrogens with zero attached hydrogens (tertiary/aromatic N) is 2. The first-order valence-electron chi connectivity index (χ1n) is 15.6. The number of rotatable bonds is 9. The molecule has 1 aromatic carbocycles. The molecule has 2 amide bonds. The zero-order valence-electron chi connectivity index (χ0n) is 25.4. The van der Waals surface area contributed by atoms with Crippen molar-refractivity contribution in [3.05, 3.63) is 23.3 Å². The van der Waals surface area contributed by atoms with Crippen molar-refractivity contribution in [3.63, 3.8) is 0 Å². The Morgan fingerprint density at radius 1 is 1.02 bits per heavy atom. The summed E-state index contributed by atoms with van der Waals surface area (Å²) in [6, 6.07) is 5.07. The number of methoxy groups -OCH3 is 1. The molecule has 2 N–H and O–H groups in total. The van der Waals surface area contributed by atoms with E-state index in [1.807, 2.05) is 0 Å². The second-order valence-electron chi connectivity index (χ2n) is 13.8. The number of ether oxygens (including phenoxy) is 2. The predicted octanol–water partition coefficient (Wildman–Crippen LogP) is 5.16. The largest absolute Gasteiger partial charge is 0.496 e. The topological polar surface area (TPSA) is 129 Å². The molecule has 2 atom stereocenters. The van der Waals surface area contributed by atoms with Crippen LogP contribution in [0.3, 0.4) is 0 Å². The smallest absolute Gasteiger partial charge is 0.309 e. The van der Waals surface area contributed by atoms with E-state index >= 15 is 0 Å². The maximum atomic E-state index is 14.2. The number of hydrogen-bond donors (Lipinski definition) is 2. The lowest BCUT2D eigenvalue weighted by molar-refractivity contribution is -0.150. The fourth-order valence-electron chi connectivity index (χ4n) is 7.87. The molecular formula is C33H45N3O6. The summed E-state index contributed by atoms with van der Waals surface area (Å²) in [5.74, 6) is -0.155. The molecule has 0 heterocycles. The van der Waals surface area contributed by atoms with E-state index in [0.717, 1.165) is 38.5 Å². The van der Waals surface area contributed by atoms with Gasteiger partial charge in [-0.05, 0) is 94.4 Å². The summed E-state index contributed by atoms with van der Waals surface area (Å²) >= 11 is 0. The van der Waals surface area contributed by atoms with Crippen molar-refractivity contribution in [2.24, 2.45) is 28.6 Å². The maximum Gasteiger partial charge on any atom is 0.309 e. The number of nitrogens with one attached hydrogen (secondary N) is 1. The van der Waals surface area contributed by atoms with E-state index in [-0.39, 0.29) is 58.4 Å². The molecule has 5 fully saturated rings.